The highest BCUT2D eigenvalue weighted by Gasteiger charge is 2.12. The second-order valence-corrected chi connectivity index (χ2v) is 5.44. The van der Waals surface area contributed by atoms with Gasteiger partial charge in [-0.1, -0.05) is 6.07 Å². The lowest BCUT2D eigenvalue weighted by atomic mass is 10.2. The number of hydrogen-bond donors (Lipinski definition) is 1. The Kier molecular flexibility index (Phi) is 5.56. The molecule has 0 fully saturated rings. The van der Waals surface area contributed by atoms with Crippen LogP contribution >= 0.6 is 0 Å². The highest BCUT2D eigenvalue weighted by Crippen LogP contribution is 2.14. The topological polar surface area (TPSA) is 124 Å². The normalized spacial score (nSPS) is 10.6. The van der Waals surface area contributed by atoms with Crippen LogP contribution in [0.1, 0.15) is 26.5 Å². The minimum absolute atomic E-state index is 0.0921. The monoisotopic (exact) mass is 379 g/mol. The Hall–Kier alpha value is -4.27. The van der Waals surface area contributed by atoms with Gasteiger partial charge in [0, 0.05) is 17.7 Å². The van der Waals surface area contributed by atoms with Crippen molar-refractivity contribution in [3.63, 3.8) is 0 Å². The molecule has 0 bridgehead atoms. The van der Waals surface area contributed by atoms with E-state index in [-0.39, 0.29) is 17.0 Å². The summed E-state index contributed by atoms with van der Waals surface area (Å²) < 4.78 is 10.1. The number of esters is 1. The number of ether oxygens (including phenoxy) is 1. The van der Waals surface area contributed by atoms with Crippen LogP contribution in [0.4, 0.5) is 5.69 Å². The molecule has 1 aromatic heterocycles. The predicted molar refractivity (Wildman–Crippen MR) is 98.3 cm³/mol. The average Bonchev–Trinajstić information content (AvgIpc) is 3.24. The number of hydrazone groups is 1. The quantitative estimate of drug-likeness (QED) is 0.231. The summed E-state index contributed by atoms with van der Waals surface area (Å²) in [5.41, 5.74) is 2.86. The van der Waals surface area contributed by atoms with Crippen molar-refractivity contribution >= 4 is 23.8 Å². The van der Waals surface area contributed by atoms with Gasteiger partial charge in [-0.15, -0.1) is 0 Å². The van der Waals surface area contributed by atoms with Crippen molar-refractivity contribution in [1.82, 2.24) is 5.43 Å². The van der Waals surface area contributed by atoms with Gasteiger partial charge in [0.25, 0.3) is 11.6 Å². The molecule has 0 atom stereocenters. The molecule has 0 radical (unpaired) electrons. The fourth-order valence-corrected chi connectivity index (χ4v) is 2.16. The van der Waals surface area contributed by atoms with Gasteiger partial charge in [0.2, 0.25) is 5.76 Å². The number of nitro groups is 1. The minimum atomic E-state index is -0.615. The molecule has 3 aromatic rings. The van der Waals surface area contributed by atoms with Crippen molar-refractivity contribution in [2.24, 2.45) is 5.10 Å². The first-order valence-electron chi connectivity index (χ1n) is 7.96. The van der Waals surface area contributed by atoms with Crippen molar-refractivity contribution in [1.29, 1.82) is 0 Å². The fraction of sp³-hybridized carbons (Fsp3) is 0. The zero-order valence-electron chi connectivity index (χ0n) is 14.3. The third-order valence-corrected chi connectivity index (χ3v) is 3.51. The first-order valence-corrected chi connectivity index (χ1v) is 7.96. The SMILES string of the molecule is O=C(N/N=C\c1ccc(OC(=O)c2ccco2)cc1)c1cccc([N+](=O)[O-])c1. The zero-order chi connectivity index (χ0) is 19.9. The van der Waals surface area contributed by atoms with E-state index < -0.39 is 16.8 Å². The van der Waals surface area contributed by atoms with E-state index in [0.717, 1.165) is 6.07 Å². The number of furan rings is 1. The highest BCUT2D eigenvalue weighted by atomic mass is 16.6. The van der Waals surface area contributed by atoms with Gasteiger partial charge in [-0.05, 0) is 48.0 Å². The van der Waals surface area contributed by atoms with E-state index in [4.69, 9.17) is 9.15 Å². The van der Waals surface area contributed by atoms with Gasteiger partial charge in [-0.3, -0.25) is 14.9 Å². The van der Waals surface area contributed by atoms with E-state index in [2.05, 4.69) is 10.5 Å². The number of benzene rings is 2. The molecule has 0 spiro atoms. The maximum Gasteiger partial charge on any atom is 0.379 e. The average molecular weight is 379 g/mol. The number of nitro benzene ring substituents is 1. The number of rotatable bonds is 6. The van der Waals surface area contributed by atoms with Crippen LogP contribution in [0.15, 0.2) is 76.4 Å². The first kappa shape index (κ1) is 18.5. The molecular weight excluding hydrogens is 366 g/mol. The van der Waals surface area contributed by atoms with Gasteiger partial charge in [0.15, 0.2) is 0 Å². The lowest BCUT2D eigenvalue weighted by molar-refractivity contribution is -0.384. The Morgan fingerprint density at radius 3 is 2.57 bits per heavy atom. The fourth-order valence-electron chi connectivity index (χ4n) is 2.16. The van der Waals surface area contributed by atoms with Crippen LogP contribution in [0.25, 0.3) is 0 Å². The number of hydrogen-bond acceptors (Lipinski definition) is 7. The number of amides is 1. The first-order chi connectivity index (χ1) is 13.5. The Bertz CT molecular complexity index is 1030. The van der Waals surface area contributed by atoms with Crippen LogP contribution in [-0.2, 0) is 0 Å². The molecule has 0 unspecified atom stereocenters. The molecule has 0 saturated carbocycles. The maximum atomic E-state index is 12.0. The van der Waals surface area contributed by atoms with E-state index in [0.29, 0.717) is 11.3 Å². The number of nitrogens with one attached hydrogen (secondary N) is 1. The molecular formula is C19H13N3O6. The summed E-state index contributed by atoms with van der Waals surface area (Å²) in [4.78, 5) is 33.9. The molecule has 0 aliphatic heterocycles. The number of nitrogens with zero attached hydrogens (tertiary/aromatic N) is 2. The van der Waals surface area contributed by atoms with Crippen LogP contribution < -0.4 is 10.2 Å². The van der Waals surface area contributed by atoms with Crippen molar-refractivity contribution in [2.45, 2.75) is 0 Å². The van der Waals surface area contributed by atoms with E-state index in [1.54, 1.807) is 30.3 Å². The van der Waals surface area contributed by atoms with Crippen LogP contribution in [0.5, 0.6) is 5.75 Å². The van der Waals surface area contributed by atoms with Crippen LogP contribution in [0, 0.1) is 10.1 Å². The molecule has 2 aromatic carbocycles. The Morgan fingerprint density at radius 1 is 1.11 bits per heavy atom. The van der Waals surface area contributed by atoms with Crippen LogP contribution in [0.2, 0.25) is 0 Å². The standard InChI is InChI=1S/C19H13N3O6/c23-18(14-3-1-4-15(11-14)22(25)26)21-20-12-13-6-8-16(9-7-13)28-19(24)17-5-2-10-27-17/h1-12H,(H,21,23)/b20-12-. The second-order valence-electron chi connectivity index (χ2n) is 5.44. The molecule has 140 valence electrons. The summed E-state index contributed by atoms with van der Waals surface area (Å²) in [5.74, 6) is -0.784. The summed E-state index contributed by atoms with van der Waals surface area (Å²) in [6.45, 7) is 0. The summed E-state index contributed by atoms with van der Waals surface area (Å²) >= 11 is 0. The Balaban J connectivity index is 1.57. The number of carbonyl (C=O) groups excluding carboxylic acids is 2. The minimum Gasteiger partial charge on any atom is -0.457 e. The van der Waals surface area contributed by atoms with Crippen molar-refractivity contribution in [2.75, 3.05) is 0 Å². The smallest absolute Gasteiger partial charge is 0.379 e. The predicted octanol–water partition coefficient (Wildman–Crippen LogP) is 3.17. The molecule has 9 nitrogen and oxygen atoms in total. The summed E-state index contributed by atoms with van der Waals surface area (Å²) in [6.07, 6.45) is 2.76. The molecule has 3 rings (SSSR count). The van der Waals surface area contributed by atoms with E-state index in [9.17, 15) is 19.7 Å². The molecule has 0 saturated heterocycles. The Morgan fingerprint density at radius 2 is 1.89 bits per heavy atom. The molecule has 9 heteroatoms. The zero-order valence-corrected chi connectivity index (χ0v) is 14.3. The van der Waals surface area contributed by atoms with Crippen LogP contribution in [-0.4, -0.2) is 23.0 Å². The highest BCUT2D eigenvalue weighted by molar-refractivity contribution is 5.95. The molecule has 0 aliphatic carbocycles. The molecule has 0 aliphatic rings. The Labute approximate surface area is 158 Å². The van der Waals surface area contributed by atoms with Gasteiger partial charge < -0.3 is 9.15 Å². The second kappa shape index (κ2) is 8.41. The molecule has 28 heavy (non-hydrogen) atoms. The third kappa shape index (κ3) is 4.67. The van der Waals surface area contributed by atoms with Crippen molar-refractivity contribution in [3.8, 4) is 5.75 Å². The lowest BCUT2D eigenvalue weighted by Gasteiger charge is -2.02. The third-order valence-electron chi connectivity index (χ3n) is 3.51. The lowest BCUT2D eigenvalue weighted by Crippen LogP contribution is -2.17. The molecule has 1 amide bonds. The number of carbonyl (C=O) groups is 2. The van der Waals surface area contributed by atoms with Crippen LogP contribution in [0.3, 0.4) is 0 Å². The summed E-state index contributed by atoms with van der Waals surface area (Å²) in [5, 5.41) is 14.6. The largest absolute Gasteiger partial charge is 0.457 e. The van der Waals surface area contributed by atoms with Gasteiger partial charge in [0.1, 0.15) is 5.75 Å². The van der Waals surface area contributed by atoms with E-state index in [1.165, 1.54) is 36.7 Å². The summed E-state index contributed by atoms with van der Waals surface area (Å²) in [7, 11) is 0. The van der Waals surface area contributed by atoms with Crippen molar-refractivity contribution < 1.29 is 23.7 Å². The van der Waals surface area contributed by atoms with Gasteiger partial charge in [-0.25, -0.2) is 10.2 Å². The van der Waals surface area contributed by atoms with Crippen molar-refractivity contribution in [3.05, 3.63) is 93.9 Å². The molecule has 1 N–H and O–H groups in total. The maximum absolute atomic E-state index is 12.0. The van der Waals surface area contributed by atoms with Gasteiger partial charge in [-0.2, -0.15) is 5.10 Å². The number of non-ortho nitro benzene ring substituents is 1. The summed E-state index contributed by atoms with van der Waals surface area (Å²) in [6, 6.07) is 14.8. The van der Waals surface area contributed by atoms with E-state index >= 15 is 0 Å². The molecule has 1 heterocycles. The van der Waals surface area contributed by atoms with E-state index in [1.807, 2.05) is 0 Å². The van der Waals surface area contributed by atoms with Gasteiger partial charge >= 0.3 is 5.97 Å². The van der Waals surface area contributed by atoms with Gasteiger partial charge in [0.05, 0.1) is 17.4 Å².